The topological polar surface area (TPSA) is 81.8 Å². The summed E-state index contributed by atoms with van der Waals surface area (Å²) >= 11 is 3.32. The first kappa shape index (κ1) is 15.1. The molecule has 0 bridgehead atoms. The molecular formula is C16H9BrN2O4. The molecule has 0 spiro atoms. The lowest BCUT2D eigenvalue weighted by Gasteiger charge is -1.98. The Balaban J connectivity index is 1.99. The number of carbonyl (C=O) groups excluding carboxylic acids is 1. The van der Waals surface area contributed by atoms with E-state index >= 15 is 0 Å². The number of rotatable bonds is 3. The molecule has 2 aromatic rings. The van der Waals surface area contributed by atoms with E-state index in [1.165, 1.54) is 12.1 Å². The van der Waals surface area contributed by atoms with Gasteiger partial charge in [-0.05, 0) is 36.4 Å². The molecule has 23 heavy (non-hydrogen) atoms. The Morgan fingerprint density at radius 1 is 1.13 bits per heavy atom. The van der Waals surface area contributed by atoms with Gasteiger partial charge in [0.25, 0.3) is 5.69 Å². The van der Waals surface area contributed by atoms with Gasteiger partial charge >= 0.3 is 5.97 Å². The van der Waals surface area contributed by atoms with Crippen molar-refractivity contribution in [2.45, 2.75) is 0 Å². The summed E-state index contributed by atoms with van der Waals surface area (Å²) in [4.78, 5) is 26.6. The van der Waals surface area contributed by atoms with Crippen LogP contribution in [0.5, 0.6) is 0 Å². The van der Waals surface area contributed by atoms with E-state index in [-0.39, 0.29) is 17.3 Å². The van der Waals surface area contributed by atoms with Gasteiger partial charge in [0, 0.05) is 16.1 Å². The number of aliphatic imine (C=N–C) groups is 1. The number of halogens is 1. The minimum absolute atomic E-state index is 0.0252. The summed E-state index contributed by atoms with van der Waals surface area (Å²) in [7, 11) is 0. The van der Waals surface area contributed by atoms with Crippen LogP contribution >= 0.6 is 15.9 Å². The van der Waals surface area contributed by atoms with Crippen molar-refractivity contribution in [3.05, 3.63) is 79.9 Å². The fraction of sp³-hybridized carbons (Fsp3) is 0. The van der Waals surface area contributed by atoms with Gasteiger partial charge in [-0.1, -0.05) is 28.1 Å². The molecule has 1 aliphatic rings. The smallest absolute Gasteiger partial charge is 0.363 e. The van der Waals surface area contributed by atoms with Gasteiger partial charge in [-0.2, -0.15) is 0 Å². The second-order valence-corrected chi connectivity index (χ2v) is 5.57. The molecule has 114 valence electrons. The zero-order chi connectivity index (χ0) is 16.4. The van der Waals surface area contributed by atoms with Crippen LogP contribution in [-0.4, -0.2) is 16.8 Å². The summed E-state index contributed by atoms with van der Waals surface area (Å²) in [5.41, 5.74) is 0.870. The summed E-state index contributed by atoms with van der Waals surface area (Å²) in [5, 5.41) is 11.0. The van der Waals surface area contributed by atoms with Crippen LogP contribution in [-0.2, 0) is 9.53 Å². The Morgan fingerprint density at radius 2 is 1.83 bits per heavy atom. The molecule has 1 heterocycles. The van der Waals surface area contributed by atoms with E-state index in [0.717, 1.165) is 4.47 Å². The number of ether oxygens (including phenoxy) is 1. The van der Waals surface area contributed by atoms with Crippen molar-refractivity contribution >= 4 is 39.6 Å². The Kier molecular flexibility index (Phi) is 4.03. The first-order chi connectivity index (χ1) is 11.0. The normalized spacial score (nSPS) is 15.4. The second kappa shape index (κ2) is 6.13. The zero-order valence-electron chi connectivity index (χ0n) is 11.6. The number of cyclic esters (lactones) is 1. The number of esters is 1. The average Bonchev–Trinajstić information content (AvgIpc) is 2.89. The highest BCUT2D eigenvalue weighted by Gasteiger charge is 2.25. The largest absolute Gasteiger partial charge is 0.402 e. The van der Waals surface area contributed by atoms with Gasteiger partial charge in [0.05, 0.1) is 10.5 Å². The number of hydrogen-bond donors (Lipinski definition) is 0. The van der Waals surface area contributed by atoms with Crippen LogP contribution < -0.4 is 0 Å². The number of nitro groups is 1. The molecule has 3 rings (SSSR count). The molecule has 0 unspecified atom stereocenters. The van der Waals surface area contributed by atoms with E-state index in [0.29, 0.717) is 11.1 Å². The summed E-state index contributed by atoms with van der Waals surface area (Å²) < 4.78 is 6.02. The Morgan fingerprint density at radius 3 is 2.52 bits per heavy atom. The molecular weight excluding hydrogens is 364 g/mol. The van der Waals surface area contributed by atoms with Gasteiger partial charge in [-0.3, -0.25) is 10.1 Å². The van der Waals surface area contributed by atoms with E-state index in [2.05, 4.69) is 20.9 Å². The predicted molar refractivity (Wildman–Crippen MR) is 87.8 cm³/mol. The lowest BCUT2D eigenvalue weighted by Crippen LogP contribution is -2.05. The number of carbonyl (C=O) groups is 1. The summed E-state index contributed by atoms with van der Waals surface area (Å²) in [5.74, 6) is -0.464. The van der Waals surface area contributed by atoms with Crippen molar-refractivity contribution in [3.8, 4) is 0 Å². The molecule has 0 amide bonds. The molecule has 0 radical (unpaired) electrons. The number of benzene rings is 2. The van der Waals surface area contributed by atoms with E-state index in [1.807, 2.05) is 0 Å². The van der Waals surface area contributed by atoms with Crippen LogP contribution in [0.15, 0.2) is 63.7 Å². The van der Waals surface area contributed by atoms with Gasteiger partial charge in [0.2, 0.25) is 5.90 Å². The highest BCUT2D eigenvalue weighted by Crippen LogP contribution is 2.24. The maximum Gasteiger partial charge on any atom is 0.363 e. The maximum atomic E-state index is 11.9. The molecule has 0 N–H and O–H groups in total. The molecule has 1 aliphatic heterocycles. The number of nitro benzene ring substituents is 1. The molecule has 2 aromatic carbocycles. The van der Waals surface area contributed by atoms with Crippen LogP contribution in [0.25, 0.3) is 6.08 Å². The summed E-state index contributed by atoms with van der Waals surface area (Å²) in [6.45, 7) is 0. The van der Waals surface area contributed by atoms with Gasteiger partial charge in [-0.15, -0.1) is 0 Å². The van der Waals surface area contributed by atoms with Crippen LogP contribution in [0.2, 0.25) is 0 Å². The first-order valence-electron chi connectivity index (χ1n) is 6.56. The fourth-order valence-corrected chi connectivity index (χ4v) is 2.31. The monoisotopic (exact) mass is 372 g/mol. The van der Waals surface area contributed by atoms with Crippen molar-refractivity contribution in [2.24, 2.45) is 4.99 Å². The lowest BCUT2D eigenvalue weighted by atomic mass is 10.1. The Hall–Kier alpha value is -2.80. The van der Waals surface area contributed by atoms with Crippen molar-refractivity contribution in [3.63, 3.8) is 0 Å². The molecule has 0 atom stereocenters. The Bertz CT molecular complexity index is 857. The number of hydrogen-bond acceptors (Lipinski definition) is 5. The second-order valence-electron chi connectivity index (χ2n) is 4.66. The average molecular weight is 373 g/mol. The molecule has 0 saturated heterocycles. The quantitative estimate of drug-likeness (QED) is 0.356. The van der Waals surface area contributed by atoms with Crippen LogP contribution in [0, 0.1) is 10.1 Å². The van der Waals surface area contributed by atoms with Crippen molar-refractivity contribution in [1.82, 2.24) is 0 Å². The molecule has 7 heteroatoms. The van der Waals surface area contributed by atoms with E-state index < -0.39 is 10.9 Å². The third kappa shape index (κ3) is 3.19. The minimum Gasteiger partial charge on any atom is -0.402 e. The summed E-state index contributed by atoms with van der Waals surface area (Å²) in [6, 6.07) is 13.2. The van der Waals surface area contributed by atoms with Crippen LogP contribution in [0.3, 0.4) is 0 Å². The SMILES string of the molecule is O=C1OC(c2ccc(Br)cc2)=NC1=Cc1ccccc1[N+](=O)[O-]. The van der Waals surface area contributed by atoms with E-state index in [4.69, 9.17) is 4.74 Å². The highest BCUT2D eigenvalue weighted by molar-refractivity contribution is 9.10. The third-order valence-corrected chi connectivity index (χ3v) is 3.67. The fourth-order valence-electron chi connectivity index (χ4n) is 2.05. The molecule has 0 aromatic heterocycles. The molecule has 0 saturated carbocycles. The van der Waals surface area contributed by atoms with Crippen molar-refractivity contribution in [1.29, 1.82) is 0 Å². The van der Waals surface area contributed by atoms with Gasteiger partial charge in [-0.25, -0.2) is 9.79 Å². The van der Waals surface area contributed by atoms with E-state index in [1.54, 1.807) is 42.5 Å². The third-order valence-electron chi connectivity index (χ3n) is 3.14. The Labute approximate surface area is 139 Å². The van der Waals surface area contributed by atoms with E-state index in [9.17, 15) is 14.9 Å². The van der Waals surface area contributed by atoms with Gasteiger partial charge < -0.3 is 4.74 Å². The lowest BCUT2D eigenvalue weighted by molar-refractivity contribution is -0.385. The molecule has 6 nitrogen and oxygen atoms in total. The predicted octanol–water partition coefficient (Wildman–Crippen LogP) is 3.70. The first-order valence-corrected chi connectivity index (χ1v) is 7.36. The number of nitrogens with zero attached hydrogens (tertiary/aromatic N) is 2. The van der Waals surface area contributed by atoms with Crippen LogP contribution in [0.4, 0.5) is 5.69 Å². The minimum atomic E-state index is -0.638. The molecule has 0 aliphatic carbocycles. The van der Waals surface area contributed by atoms with Gasteiger partial charge in [0.15, 0.2) is 5.70 Å². The zero-order valence-corrected chi connectivity index (χ0v) is 13.2. The van der Waals surface area contributed by atoms with Crippen molar-refractivity contribution < 1.29 is 14.5 Å². The standard InChI is InChI=1S/C16H9BrN2O4/c17-12-7-5-10(6-8-12)15-18-13(16(20)23-15)9-11-3-1-2-4-14(11)19(21)22/h1-9H. The highest BCUT2D eigenvalue weighted by atomic mass is 79.9. The number of para-hydroxylation sites is 1. The van der Waals surface area contributed by atoms with Crippen LogP contribution in [0.1, 0.15) is 11.1 Å². The van der Waals surface area contributed by atoms with Crippen molar-refractivity contribution in [2.75, 3.05) is 0 Å². The molecule has 0 fully saturated rings. The maximum absolute atomic E-state index is 11.9. The summed E-state index contributed by atoms with van der Waals surface area (Å²) in [6.07, 6.45) is 1.35. The van der Waals surface area contributed by atoms with Gasteiger partial charge in [0.1, 0.15) is 0 Å².